The van der Waals surface area contributed by atoms with Gasteiger partial charge in [0.05, 0.1) is 25.4 Å². The van der Waals surface area contributed by atoms with Crippen LogP contribution in [0.25, 0.3) is 0 Å². The number of nitrogen functional groups attached to an aromatic ring is 1. The minimum Gasteiger partial charge on any atom is -0.496 e. The summed E-state index contributed by atoms with van der Waals surface area (Å²) >= 11 is 0. The Bertz CT molecular complexity index is 474. The van der Waals surface area contributed by atoms with Crippen molar-refractivity contribution in [3.8, 4) is 5.75 Å². The molecule has 0 aliphatic heterocycles. The third-order valence-corrected chi connectivity index (χ3v) is 3.93. The largest absolute Gasteiger partial charge is 0.496 e. The van der Waals surface area contributed by atoms with E-state index in [1.165, 1.54) is 12.8 Å². The van der Waals surface area contributed by atoms with E-state index in [4.69, 9.17) is 20.6 Å². The van der Waals surface area contributed by atoms with Gasteiger partial charge in [0.25, 0.3) is 0 Å². The van der Waals surface area contributed by atoms with E-state index in [2.05, 4.69) is 6.92 Å². The number of hydrogen-bond donors (Lipinski definition) is 2. The molecule has 2 atom stereocenters. The van der Waals surface area contributed by atoms with Crippen LogP contribution in [-0.4, -0.2) is 19.0 Å². The van der Waals surface area contributed by atoms with E-state index >= 15 is 0 Å². The standard InChI is InChI=1S/C16H24N2O2/c1-11-4-3-5-13(8-11)20-10-12-6-7-14(16(17)18)15(9-12)19-2/h6-7,9,11,13H,3-5,8,10H2,1-2H3,(H3,17,18). The van der Waals surface area contributed by atoms with E-state index in [-0.39, 0.29) is 5.84 Å². The molecule has 0 heterocycles. The summed E-state index contributed by atoms with van der Waals surface area (Å²) in [5, 5.41) is 7.50. The predicted molar refractivity (Wildman–Crippen MR) is 80.2 cm³/mol. The van der Waals surface area contributed by atoms with Gasteiger partial charge in [0.1, 0.15) is 11.6 Å². The third-order valence-electron chi connectivity index (χ3n) is 3.93. The van der Waals surface area contributed by atoms with E-state index in [0.717, 1.165) is 24.3 Å². The lowest BCUT2D eigenvalue weighted by molar-refractivity contribution is 0.00461. The highest BCUT2D eigenvalue weighted by atomic mass is 16.5. The molecule has 2 rings (SSSR count). The van der Waals surface area contributed by atoms with Crippen LogP contribution in [-0.2, 0) is 11.3 Å². The fourth-order valence-electron chi connectivity index (χ4n) is 2.79. The first-order valence-corrected chi connectivity index (χ1v) is 7.23. The summed E-state index contributed by atoms with van der Waals surface area (Å²) < 4.78 is 11.3. The summed E-state index contributed by atoms with van der Waals surface area (Å²) in [6.45, 7) is 2.88. The first kappa shape index (κ1) is 14.9. The second-order valence-electron chi connectivity index (χ2n) is 5.65. The molecule has 3 N–H and O–H groups in total. The lowest BCUT2D eigenvalue weighted by Crippen LogP contribution is -2.21. The zero-order chi connectivity index (χ0) is 14.5. The van der Waals surface area contributed by atoms with Gasteiger partial charge in [-0.25, -0.2) is 0 Å². The van der Waals surface area contributed by atoms with Crippen LogP contribution in [0, 0.1) is 11.3 Å². The molecule has 1 saturated carbocycles. The molecule has 1 aromatic carbocycles. The van der Waals surface area contributed by atoms with Gasteiger partial charge in [-0.15, -0.1) is 0 Å². The Hall–Kier alpha value is -1.55. The van der Waals surface area contributed by atoms with Gasteiger partial charge >= 0.3 is 0 Å². The van der Waals surface area contributed by atoms with E-state index in [1.54, 1.807) is 7.11 Å². The summed E-state index contributed by atoms with van der Waals surface area (Å²) in [7, 11) is 1.59. The molecule has 4 nitrogen and oxygen atoms in total. The van der Waals surface area contributed by atoms with Gasteiger partial charge in [-0.3, -0.25) is 5.41 Å². The summed E-state index contributed by atoms with van der Waals surface area (Å²) in [6.07, 6.45) is 5.27. The molecular formula is C16H24N2O2. The van der Waals surface area contributed by atoms with Crippen LogP contribution in [0.3, 0.4) is 0 Å². The van der Waals surface area contributed by atoms with E-state index in [9.17, 15) is 0 Å². The summed E-state index contributed by atoms with van der Waals surface area (Å²) in [4.78, 5) is 0. The smallest absolute Gasteiger partial charge is 0.130 e. The van der Waals surface area contributed by atoms with Crippen molar-refractivity contribution in [3.05, 3.63) is 29.3 Å². The van der Waals surface area contributed by atoms with Crippen molar-refractivity contribution in [2.75, 3.05) is 7.11 Å². The number of hydrogen-bond acceptors (Lipinski definition) is 3. The Morgan fingerprint density at radius 2 is 2.20 bits per heavy atom. The van der Waals surface area contributed by atoms with Gasteiger partial charge < -0.3 is 15.2 Å². The van der Waals surface area contributed by atoms with Crippen LogP contribution >= 0.6 is 0 Å². The minimum absolute atomic E-state index is 0.0235. The molecule has 1 aliphatic rings. The highest BCUT2D eigenvalue weighted by Crippen LogP contribution is 2.27. The number of nitrogens with one attached hydrogen (secondary N) is 1. The third kappa shape index (κ3) is 3.73. The Labute approximate surface area is 120 Å². The van der Waals surface area contributed by atoms with Crippen molar-refractivity contribution in [1.29, 1.82) is 5.41 Å². The lowest BCUT2D eigenvalue weighted by atomic mass is 9.89. The summed E-state index contributed by atoms with van der Waals surface area (Å²) in [5.74, 6) is 1.43. The molecule has 0 radical (unpaired) electrons. The maximum Gasteiger partial charge on any atom is 0.130 e. The molecule has 0 aromatic heterocycles. The SMILES string of the molecule is COc1cc(COC2CCCC(C)C2)ccc1C(=N)N. The van der Waals surface area contributed by atoms with Crippen molar-refractivity contribution < 1.29 is 9.47 Å². The van der Waals surface area contributed by atoms with E-state index < -0.39 is 0 Å². The lowest BCUT2D eigenvalue weighted by Gasteiger charge is -2.26. The Morgan fingerprint density at radius 1 is 1.40 bits per heavy atom. The van der Waals surface area contributed by atoms with Crippen LogP contribution in [0.4, 0.5) is 0 Å². The number of methoxy groups -OCH3 is 1. The topological polar surface area (TPSA) is 68.3 Å². The second kappa shape index (κ2) is 6.75. The highest BCUT2D eigenvalue weighted by Gasteiger charge is 2.19. The monoisotopic (exact) mass is 276 g/mol. The Balaban J connectivity index is 1.97. The van der Waals surface area contributed by atoms with Crippen molar-refractivity contribution in [3.63, 3.8) is 0 Å². The van der Waals surface area contributed by atoms with Gasteiger partial charge in [-0.05, 0) is 36.5 Å². The summed E-state index contributed by atoms with van der Waals surface area (Å²) in [6, 6.07) is 5.68. The maximum atomic E-state index is 7.50. The van der Waals surface area contributed by atoms with Crippen molar-refractivity contribution in [2.24, 2.45) is 11.7 Å². The molecule has 0 saturated heterocycles. The average molecular weight is 276 g/mol. The molecule has 0 spiro atoms. The quantitative estimate of drug-likeness (QED) is 0.641. The minimum atomic E-state index is 0.0235. The average Bonchev–Trinajstić information content (AvgIpc) is 2.44. The second-order valence-corrected chi connectivity index (χ2v) is 5.65. The van der Waals surface area contributed by atoms with Crippen molar-refractivity contribution in [1.82, 2.24) is 0 Å². The number of amidine groups is 1. The fourth-order valence-corrected chi connectivity index (χ4v) is 2.79. The molecule has 1 fully saturated rings. The molecule has 0 amide bonds. The van der Waals surface area contributed by atoms with Crippen LogP contribution in [0.5, 0.6) is 5.75 Å². The van der Waals surface area contributed by atoms with E-state index in [0.29, 0.717) is 24.0 Å². The highest BCUT2D eigenvalue weighted by molar-refractivity contribution is 5.97. The fraction of sp³-hybridized carbons (Fsp3) is 0.562. The Kier molecular flexibility index (Phi) is 5.01. The first-order valence-electron chi connectivity index (χ1n) is 7.23. The van der Waals surface area contributed by atoms with Gasteiger partial charge in [0.15, 0.2) is 0 Å². The molecule has 1 aromatic rings. The number of ether oxygens (including phenoxy) is 2. The van der Waals surface area contributed by atoms with Gasteiger partial charge in [-0.2, -0.15) is 0 Å². The van der Waals surface area contributed by atoms with E-state index in [1.807, 2.05) is 18.2 Å². The molecule has 0 bridgehead atoms. The molecule has 110 valence electrons. The number of rotatable bonds is 5. The molecule has 2 unspecified atom stereocenters. The molecule has 20 heavy (non-hydrogen) atoms. The zero-order valence-corrected chi connectivity index (χ0v) is 12.3. The normalized spacial score (nSPS) is 22.5. The zero-order valence-electron chi connectivity index (χ0n) is 12.3. The predicted octanol–water partition coefficient (Wildman–Crippen LogP) is 3.07. The van der Waals surface area contributed by atoms with Gasteiger partial charge in [0, 0.05) is 0 Å². The first-order chi connectivity index (χ1) is 9.60. The summed E-state index contributed by atoms with van der Waals surface area (Å²) in [5.41, 5.74) is 7.21. The number of nitrogens with two attached hydrogens (primary N) is 1. The van der Waals surface area contributed by atoms with Crippen molar-refractivity contribution >= 4 is 5.84 Å². The van der Waals surface area contributed by atoms with Crippen LogP contribution in [0.15, 0.2) is 18.2 Å². The Morgan fingerprint density at radius 3 is 2.85 bits per heavy atom. The number of benzene rings is 1. The van der Waals surface area contributed by atoms with Gasteiger partial charge in [0.2, 0.25) is 0 Å². The van der Waals surface area contributed by atoms with Crippen LogP contribution < -0.4 is 10.5 Å². The molecule has 1 aliphatic carbocycles. The molecular weight excluding hydrogens is 252 g/mol. The van der Waals surface area contributed by atoms with Gasteiger partial charge in [-0.1, -0.05) is 25.8 Å². The maximum absolute atomic E-state index is 7.50. The van der Waals surface area contributed by atoms with Crippen LogP contribution in [0.2, 0.25) is 0 Å². The van der Waals surface area contributed by atoms with Crippen molar-refractivity contribution in [2.45, 2.75) is 45.3 Å². The van der Waals surface area contributed by atoms with Crippen LogP contribution in [0.1, 0.15) is 43.7 Å². The molecule has 4 heteroatoms.